The summed E-state index contributed by atoms with van der Waals surface area (Å²) < 4.78 is 43.4. The molecule has 1 heterocycles. The first-order valence-electron chi connectivity index (χ1n) is 8.61. The van der Waals surface area contributed by atoms with Crippen molar-refractivity contribution in [1.29, 1.82) is 0 Å². The Hall–Kier alpha value is -4.28. The second-order valence-corrected chi connectivity index (χ2v) is 6.06. The third kappa shape index (κ3) is 5.63. The number of hydrazone groups is 1. The van der Waals surface area contributed by atoms with Crippen molar-refractivity contribution < 1.29 is 27.6 Å². The Morgan fingerprint density at radius 3 is 2.52 bits per heavy atom. The van der Waals surface area contributed by atoms with E-state index in [9.17, 15) is 28.1 Å². The minimum atomic E-state index is -4.70. The van der Waals surface area contributed by atoms with Gasteiger partial charge in [-0.2, -0.15) is 18.3 Å². The van der Waals surface area contributed by atoms with Crippen molar-refractivity contribution in [3.05, 3.63) is 93.8 Å². The predicted molar refractivity (Wildman–Crippen MR) is 105 cm³/mol. The van der Waals surface area contributed by atoms with Crippen LogP contribution in [-0.4, -0.2) is 22.1 Å². The maximum absolute atomic E-state index is 12.7. The number of ether oxygens (including phenoxy) is 1. The molecule has 0 aliphatic rings. The number of pyridine rings is 1. The Kier molecular flexibility index (Phi) is 6.24. The lowest BCUT2D eigenvalue weighted by molar-refractivity contribution is -0.384. The van der Waals surface area contributed by atoms with Gasteiger partial charge in [-0.3, -0.25) is 20.5 Å². The Bertz CT molecular complexity index is 1120. The number of rotatable bonds is 6. The summed E-state index contributed by atoms with van der Waals surface area (Å²) in [6.45, 7) is 0. The second kappa shape index (κ2) is 9.03. The first kappa shape index (κ1) is 21.4. The van der Waals surface area contributed by atoms with Gasteiger partial charge in [-0.25, -0.2) is 4.79 Å². The van der Waals surface area contributed by atoms with E-state index in [1.165, 1.54) is 30.7 Å². The van der Waals surface area contributed by atoms with Crippen LogP contribution in [0.3, 0.4) is 0 Å². The monoisotopic (exact) mass is 430 g/mol. The number of hydrogen-bond donors (Lipinski definition) is 1. The molecular formula is C20H13F3N4O4. The van der Waals surface area contributed by atoms with Gasteiger partial charge in [-0.15, -0.1) is 0 Å². The average Bonchev–Trinajstić information content (AvgIpc) is 2.75. The molecule has 0 atom stereocenters. The highest BCUT2D eigenvalue weighted by molar-refractivity contribution is 5.90. The summed E-state index contributed by atoms with van der Waals surface area (Å²) in [5.41, 5.74) is 1.10. The molecule has 3 rings (SSSR count). The number of hydrogen-bond acceptors (Lipinski definition) is 7. The van der Waals surface area contributed by atoms with Gasteiger partial charge in [0.2, 0.25) is 0 Å². The fourth-order valence-corrected chi connectivity index (χ4v) is 2.40. The molecule has 0 spiro atoms. The van der Waals surface area contributed by atoms with Crippen molar-refractivity contribution >= 4 is 23.6 Å². The van der Waals surface area contributed by atoms with Crippen LogP contribution in [-0.2, 0) is 6.18 Å². The van der Waals surface area contributed by atoms with E-state index < -0.39 is 28.3 Å². The van der Waals surface area contributed by atoms with E-state index in [1.54, 1.807) is 24.3 Å². The molecule has 1 aromatic heterocycles. The van der Waals surface area contributed by atoms with Gasteiger partial charge in [0.25, 0.3) is 5.69 Å². The number of aromatic nitrogens is 1. The number of nitrogens with one attached hydrogen (secondary N) is 1. The molecular weight excluding hydrogens is 417 g/mol. The highest BCUT2D eigenvalue weighted by Gasteiger charge is 2.33. The zero-order chi connectivity index (χ0) is 22.4. The van der Waals surface area contributed by atoms with Crippen LogP contribution in [0.4, 0.5) is 24.5 Å². The lowest BCUT2D eigenvalue weighted by Gasteiger charge is -2.08. The van der Waals surface area contributed by atoms with Crippen LogP contribution in [0.15, 0.2) is 72.1 Å². The van der Waals surface area contributed by atoms with Crippen molar-refractivity contribution in [2.75, 3.05) is 5.43 Å². The highest BCUT2D eigenvalue weighted by Crippen LogP contribution is 2.34. The van der Waals surface area contributed by atoms with E-state index in [-0.39, 0.29) is 17.0 Å². The van der Waals surface area contributed by atoms with Crippen LogP contribution in [0, 0.1) is 10.1 Å². The minimum absolute atomic E-state index is 0.198. The molecule has 0 unspecified atom stereocenters. The maximum atomic E-state index is 12.7. The summed E-state index contributed by atoms with van der Waals surface area (Å²) in [5, 5.41) is 14.9. The number of halogens is 3. The van der Waals surface area contributed by atoms with Crippen molar-refractivity contribution in [2.24, 2.45) is 5.10 Å². The van der Waals surface area contributed by atoms with Gasteiger partial charge < -0.3 is 4.74 Å². The first-order valence-corrected chi connectivity index (χ1v) is 8.61. The molecule has 158 valence electrons. The molecule has 1 N–H and O–H groups in total. The molecule has 0 amide bonds. The first-order chi connectivity index (χ1) is 14.7. The summed E-state index contributed by atoms with van der Waals surface area (Å²) in [7, 11) is 0. The number of carbonyl (C=O) groups is 1. The molecule has 0 aliphatic heterocycles. The van der Waals surface area contributed by atoms with E-state index in [0.717, 1.165) is 12.1 Å². The van der Waals surface area contributed by atoms with Crippen molar-refractivity contribution in [1.82, 2.24) is 4.98 Å². The van der Waals surface area contributed by atoms with E-state index in [0.29, 0.717) is 11.6 Å². The summed E-state index contributed by atoms with van der Waals surface area (Å²) in [6, 6.07) is 11.4. The van der Waals surface area contributed by atoms with Crippen LogP contribution < -0.4 is 10.2 Å². The summed E-state index contributed by atoms with van der Waals surface area (Å²) in [5.74, 6) is -0.303. The van der Waals surface area contributed by atoms with Gasteiger partial charge in [-0.1, -0.05) is 0 Å². The third-order valence-corrected chi connectivity index (χ3v) is 3.91. The second-order valence-electron chi connectivity index (χ2n) is 6.06. The molecule has 0 fully saturated rings. The van der Waals surface area contributed by atoms with Crippen molar-refractivity contribution in [2.45, 2.75) is 6.18 Å². The number of nitrogens with zero attached hydrogens (tertiary/aromatic N) is 3. The van der Waals surface area contributed by atoms with Crippen LogP contribution in [0.25, 0.3) is 0 Å². The molecule has 0 bridgehead atoms. The zero-order valence-electron chi connectivity index (χ0n) is 15.5. The lowest BCUT2D eigenvalue weighted by Crippen LogP contribution is -2.08. The molecule has 31 heavy (non-hydrogen) atoms. The van der Waals surface area contributed by atoms with Crippen LogP contribution >= 0.6 is 0 Å². The number of anilines is 1. The number of nitro groups is 1. The van der Waals surface area contributed by atoms with E-state index in [1.807, 2.05) is 0 Å². The molecule has 11 heteroatoms. The van der Waals surface area contributed by atoms with Crippen molar-refractivity contribution in [3.8, 4) is 5.75 Å². The number of benzene rings is 2. The van der Waals surface area contributed by atoms with E-state index in [4.69, 9.17) is 4.74 Å². The molecule has 3 aromatic rings. The fourth-order valence-electron chi connectivity index (χ4n) is 2.40. The maximum Gasteiger partial charge on any atom is 0.416 e. The van der Waals surface area contributed by atoms with Gasteiger partial charge in [-0.05, 0) is 54.1 Å². The Morgan fingerprint density at radius 1 is 1.16 bits per heavy atom. The Morgan fingerprint density at radius 2 is 1.90 bits per heavy atom. The van der Waals surface area contributed by atoms with Gasteiger partial charge >= 0.3 is 12.1 Å². The smallest absolute Gasteiger partial charge is 0.416 e. The fraction of sp³-hybridized carbons (Fsp3) is 0.0500. The van der Waals surface area contributed by atoms with Crippen LogP contribution in [0.1, 0.15) is 21.5 Å². The Balaban J connectivity index is 1.66. The predicted octanol–water partition coefficient (Wildman–Crippen LogP) is 4.67. The van der Waals surface area contributed by atoms with Crippen LogP contribution in [0.5, 0.6) is 5.75 Å². The summed E-state index contributed by atoms with van der Waals surface area (Å²) in [6.07, 6.45) is -0.503. The highest BCUT2D eigenvalue weighted by atomic mass is 19.4. The molecule has 2 aromatic carbocycles. The third-order valence-electron chi connectivity index (χ3n) is 3.91. The van der Waals surface area contributed by atoms with Gasteiger partial charge in [0.1, 0.15) is 11.4 Å². The molecule has 0 saturated heterocycles. The van der Waals surface area contributed by atoms with Gasteiger partial charge in [0, 0.05) is 18.5 Å². The normalized spacial score (nSPS) is 11.3. The molecule has 0 aliphatic carbocycles. The number of nitro benzene ring substituents is 1. The van der Waals surface area contributed by atoms with Gasteiger partial charge in [0.15, 0.2) is 0 Å². The molecule has 0 saturated carbocycles. The van der Waals surface area contributed by atoms with Crippen molar-refractivity contribution in [3.63, 3.8) is 0 Å². The minimum Gasteiger partial charge on any atom is -0.423 e. The number of carbonyl (C=O) groups excluding carboxylic acids is 1. The Labute approximate surface area is 173 Å². The van der Waals surface area contributed by atoms with Gasteiger partial charge in [0.05, 0.1) is 22.3 Å². The summed E-state index contributed by atoms with van der Waals surface area (Å²) in [4.78, 5) is 25.9. The van der Waals surface area contributed by atoms with Crippen LogP contribution in [0.2, 0.25) is 0 Å². The topological polar surface area (TPSA) is 107 Å². The van der Waals surface area contributed by atoms with E-state index >= 15 is 0 Å². The quantitative estimate of drug-likeness (QED) is 0.200. The summed E-state index contributed by atoms with van der Waals surface area (Å²) >= 11 is 0. The number of esters is 1. The lowest BCUT2D eigenvalue weighted by atomic mass is 10.1. The largest absolute Gasteiger partial charge is 0.423 e. The molecule has 8 nitrogen and oxygen atoms in total. The van der Waals surface area contributed by atoms with E-state index in [2.05, 4.69) is 15.5 Å². The zero-order valence-corrected chi connectivity index (χ0v) is 15.5. The molecule has 0 radical (unpaired) electrons. The standard InChI is InChI=1S/C20H13F3N4O4/c21-20(22,23)15-5-8-17(18(10-15)27(29)30)26-25-11-13-3-6-16(7-4-13)31-19(28)14-2-1-9-24-12-14/h1-12,26H/b25-11-. The SMILES string of the molecule is O=C(Oc1ccc(/C=N\Nc2ccc(C(F)(F)F)cc2[N+](=O)[O-])cc1)c1cccnc1. The number of alkyl halides is 3. The average molecular weight is 430 g/mol.